The smallest absolute Gasteiger partial charge is 0.387 e. The second-order valence-corrected chi connectivity index (χ2v) is 23.2. The average Bonchev–Trinajstić information content (AvgIpc) is 3.37. The molecule has 9 heteroatoms. The second-order valence-electron chi connectivity index (χ2n) is 21.7. The van der Waals surface area contributed by atoms with Crippen LogP contribution in [-0.2, 0) is 18.4 Å². The molecule has 0 aliphatic heterocycles. The average molecular weight is 1070 g/mol. The summed E-state index contributed by atoms with van der Waals surface area (Å²) in [6.45, 7) is 4.70. The maximum atomic E-state index is 13.0. The Morgan fingerprint density at radius 1 is 0.467 bits per heavy atom. The van der Waals surface area contributed by atoms with Crippen molar-refractivity contribution < 1.29 is 32.9 Å². The number of quaternary nitrogens is 1. The molecular weight excluding hydrogens is 948 g/mol. The van der Waals surface area contributed by atoms with Gasteiger partial charge in [0.25, 0.3) is 0 Å². The monoisotopic (exact) mass is 1070 g/mol. The van der Waals surface area contributed by atoms with E-state index >= 15 is 0 Å². The van der Waals surface area contributed by atoms with Gasteiger partial charge in [-0.1, -0.05) is 271 Å². The Labute approximate surface area is 463 Å². The van der Waals surface area contributed by atoms with Crippen molar-refractivity contribution in [3.63, 3.8) is 0 Å². The summed E-state index contributed by atoms with van der Waals surface area (Å²) in [7, 11) is 1.56. The molecule has 1 amide bonds. The lowest BCUT2D eigenvalue weighted by molar-refractivity contribution is -0.870. The Morgan fingerprint density at radius 3 is 1.17 bits per heavy atom. The van der Waals surface area contributed by atoms with Crippen LogP contribution in [0.25, 0.3) is 0 Å². The van der Waals surface area contributed by atoms with Gasteiger partial charge < -0.3 is 19.8 Å². The molecule has 8 nitrogen and oxygen atoms in total. The molecule has 432 valence electrons. The number of nitrogens with zero attached hydrogens (tertiary/aromatic N) is 1. The van der Waals surface area contributed by atoms with E-state index in [0.717, 1.165) is 96.3 Å². The number of phosphoric ester groups is 1. The molecule has 0 saturated heterocycles. The molecule has 0 aliphatic carbocycles. The first-order valence-electron chi connectivity index (χ1n) is 30.8. The third-order valence-corrected chi connectivity index (χ3v) is 14.2. The zero-order valence-corrected chi connectivity index (χ0v) is 50.1. The lowest BCUT2D eigenvalue weighted by Gasteiger charge is -2.25. The fourth-order valence-corrected chi connectivity index (χ4v) is 9.21. The third-order valence-electron chi connectivity index (χ3n) is 13.2. The van der Waals surface area contributed by atoms with Gasteiger partial charge in [-0.25, -0.2) is 4.57 Å². The van der Waals surface area contributed by atoms with Crippen LogP contribution in [0.5, 0.6) is 0 Å². The summed E-state index contributed by atoms with van der Waals surface area (Å²) in [6.07, 6.45) is 81.9. The van der Waals surface area contributed by atoms with Gasteiger partial charge in [-0.3, -0.25) is 13.8 Å². The molecule has 0 heterocycles. The molecule has 0 fully saturated rings. The van der Waals surface area contributed by atoms with Crippen LogP contribution in [0.15, 0.2) is 109 Å². The highest BCUT2D eigenvalue weighted by atomic mass is 31.2. The van der Waals surface area contributed by atoms with Gasteiger partial charge in [0.1, 0.15) is 13.2 Å². The minimum absolute atomic E-state index is 0.0562. The quantitative estimate of drug-likeness (QED) is 0.0243. The van der Waals surface area contributed by atoms with Crippen molar-refractivity contribution in [2.45, 2.75) is 264 Å². The number of hydrogen-bond acceptors (Lipinski definition) is 5. The Hall–Kier alpha value is -2.84. The number of aliphatic hydroxyl groups is 1. The van der Waals surface area contributed by atoms with Crippen LogP contribution >= 0.6 is 7.82 Å². The molecule has 0 aromatic carbocycles. The highest BCUT2D eigenvalue weighted by molar-refractivity contribution is 7.47. The summed E-state index contributed by atoms with van der Waals surface area (Å²) in [6, 6.07) is -0.856. The maximum absolute atomic E-state index is 13.0. The molecule has 3 unspecified atom stereocenters. The zero-order chi connectivity index (χ0) is 54.9. The molecule has 0 radical (unpaired) electrons. The number of allylic oxidation sites excluding steroid dienone is 17. The van der Waals surface area contributed by atoms with Crippen LogP contribution in [0.2, 0.25) is 0 Å². The fourth-order valence-electron chi connectivity index (χ4n) is 8.47. The molecule has 0 rings (SSSR count). The molecule has 3 atom stereocenters. The topological polar surface area (TPSA) is 105 Å². The van der Waals surface area contributed by atoms with Crippen LogP contribution in [-0.4, -0.2) is 73.4 Å². The number of likely N-dealkylation sites (N-methyl/N-ethyl adjacent to an activating group) is 1. The largest absolute Gasteiger partial charge is 0.472 e. The van der Waals surface area contributed by atoms with Gasteiger partial charge in [-0.15, -0.1) is 0 Å². The van der Waals surface area contributed by atoms with Crippen LogP contribution in [0.4, 0.5) is 0 Å². The number of unbranched alkanes of at least 4 members (excludes halogenated alkanes) is 26. The summed E-state index contributed by atoms with van der Waals surface area (Å²) in [5.74, 6) is -0.185. The minimum atomic E-state index is -4.36. The molecule has 0 bridgehead atoms. The molecular formula is C66H118N2O6P+. The lowest BCUT2D eigenvalue weighted by atomic mass is 10.0. The van der Waals surface area contributed by atoms with Gasteiger partial charge in [0.2, 0.25) is 5.91 Å². The maximum Gasteiger partial charge on any atom is 0.472 e. The SMILES string of the molecule is CC/C=C\C/C=C\C/C=C\C/C=C\C/C=C\C/C=C\C/C=C\C/C=C\CCCCCCCCCCCCC(=O)NC(COP(=O)(O)OCC[N+](C)(C)C)C(O)/C=C/CCCCCCCCCCCCCCCCCC. The summed E-state index contributed by atoms with van der Waals surface area (Å²) < 4.78 is 23.7. The van der Waals surface area contributed by atoms with Gasteiger partial charge in [0.15, 0.2) is 0 Å². The third kappa shape index (κ3) is 58.7. The van der Waals surface area contributed by atoms with Crippen LogP contribution < -0.4 is 5.32 Å². The van der Waals surface area contributed by atoms with E-state index in [4.69, 9.17) is 9.05 Å². The second kappa shape index (κ2) is 55.9. The predicted octanol–water partition coefficient (Wildman–Crippen LogP) is 19.2. The Bertz CT molecular complexity index is 1590. The molecule has 0 spiro atoms. The van der Waals surface area contributed by atoms with E-state index in [1.165, 1.54) is 135 Å². The highest BCUT2D eigenvalue weighted by Gasteiger charge is 2.27. The lowest BCUT2D eigenvalue weighted by Crippen LogP contribution is -2.45. The number of aliphatic hydroxyl groups excluding tert-OH is 1. The number of rotatable bonds is 55. The van der Waals surface area contributed by atoms with E-state index in [2.05, 4.69) is 116 Å². The zero-order valence-electron chi connectivity index (χ0n) is 49.3. The van der Waals surface area contributed by atoms with Crippen molar-refractivity contribution >= 4 is 13.7 Å². The van der Waals surface area contributed by atoms with Gasteiger partial charge >= 0.3 is 7.82 Å². The summed E-state index contributed by atoms with van der Waals surface area (Å²) in [4.78, 5) is 23.3. The predicted molar refractivity (Wildman–Crippen MR) is 327 cm³/mol. The summed E-state index contributed by atoms with van der Waals surface area (Å²) in [5, 5.41) is 13.9. The van der Waals surface area contributed by atoms with Crippen molar-refractivity contribution in [1.29, 1.82) is 0 Å². The van der Waals surface area contributed by atoms with Crippen LogP contribution in [0, 0.1) is 0 Å². The number of amides is 1. The number of carbonyl (C=O) groups excluding carboxylic acids is 1. The van der Waals surface area contributed by atoms with Crippen molar-refractivity contribution in [2.75, 3.05) is 40.9 Å². The van der Waals surface area contributed by atoms with E-state index in [1.54, 1.807) is 6.08 Å². The minimum Gasteiger partial charge on any atom is -0.387 e. The first-order chi connectivity index (χ1) is 36.5. The van der Waals surface area contributed by atoms with Crippen molar-refractivity contribution in [3.05, 3.63) is 109 Å². The van der Waals surface area contributed by atoms with E-state index in [0.29, 0.717) is 17.4 Å². The molecule has 3 N–H and O–H groups in total. The molecule has 0 aromatic rings. The van der Waals surface area contributed by atoms with E-state index in [-0.39, 0.29) is 19.1 Å². The van der Waals surface area contributed by atoms with E-state index < -0.39 is 20.0 Å². The highest BCUT2D eigenvalue weighted by Crippen LogP contribution is 2.43. The van der Waals surface area contributed by atoms with E-state index in [9.17, 15) is 19.4 Å². The van der Waals surface area contributed by atoms with E-state index in [1.807, 2.05) is 27.2 Å². The number of nitrogens with one attached hydrogen (secondary N) is 1. The molecule has 75 heavy (non-hydrogen) atoms. The Morgan fingerprint density at radius 2 is 0.800 bits per heavy atom. The normalized spacial score (nSPS) is 14.6. The Kier molecular flexibility index (Phi) is 53.8. The first kappa shape index (κ1) is 72.2. The molecule has 0 saturated carbocycles. The van der Waals surface area contributed by atoms with Crippen LogP contribution in [0.1, 0.15) is 251 Å². The number of hydrogen-bond donors (Lipinski definition) is 3. The van der Waals surface area contributed by atoms with Gasteiger partial charge in [0, 0.05) is 6.42 Å². The van der Waals surface area contributed by atoms with Gasteiger partial charge in [-0.05, 0) is 83.5 Å². The van der Waals surface area contributed by atoms with Crippen molar-refractivity contribution in [1.82, 2.24) is 5.32 Å². The van der Waals surface area contributed by atoms with Crippen LogP contribution in [0.3, 0.4) is 0 Å². The molecule has 0 aliphatic rings. The first-order valence-corrected chi connectivity index (χ1v) is 32.3. The summed E-state index contributed by atoms with van der Waals surface area (Å²) >= 11 is 0. The van der Waals surface area contributed by atoms with Crippen molar-refractivity contribution in [2.24, 2.45) is 0 Å². The fraction of sp³-hybridized carbons (Fsp3) is 0.712. The van der Waals surface area contributed by atoms with Gasteiger partial charge in [0.05, 0.1) is 39.9 Å². The summed E-state index contributed by atoms with van der Waals surface area (Å²) in [5.41, 5.74) is 0. The molecule has 0 aromatic heterocycles. The van der Waals surface area contributed by atoms with Gasteiger partial charge in [-0.2, -0.15) is 0 Å². The number of carbonyl (C=O) groups is 1. The van der Waals surface area contributed by atoms with Crippen molar-refractivity contribution in [3.8, 4) is 0 Å². The number of phosphoric acid groups is 1. The standard InChI is InChI=1S/C66H117N2O6P/c1-6-8-10-12-14-16-18-20-22-24-26-27-28-29-30-31-32-33-34-35-36-37-38-39-40-41-42-44-46-48-50-52-54-56-58-60-66(70)67-64(63-74-75(71,72)73-62-61-68(3,4)5)65(69)59-57-55-53-51-49-47-45-43-25-23-21-19-17-15-13-11-9-7-2/h8,10,14,16,20,22,26-27,29-30,32-33,35-36,38-39,57,59,64-65,69H,6-7,9,11-13,15,17-19,21,23-25,28,31,34,37,40-56,58,60-63H2,1-5H3,(H-,67,70,71,72)/p+1/b10-8-,16-14-,22-20-,27-26-,30-29-,33-32-,36-35-,39-38-,59-57+. The Balaban J connectivity index is 4.16.